The zero-order chi connectivity index (χ0) is 20.7. The molecule has 8 heteroatoms. The lowest BCUT2D eigenvalue weighted by molar-refractivity contribution is -0.141. The number of hydrogen-bond acceptors (Lipinski definition) is 5. The number of sulfonamides is 1. The molecule has 1 fully saturated rings. The van der Waals surface area contributed by atoms with Crippen molar-refractivity contribution in [2.75, 3.05) is 26.0 Å². The fourth-order valence-electron chi connectivity index (χ4n) is 3.39. The van der Waals surface area contributed by atoms with Gasteiger partial charge in [-0.15, -0.1) is 0 Å². The number of carbonyl (C=O) groups excluding carboxylic acids is 2. The van der Waals surface area contributed by atoms with Gasteiger partial charge in [0.15, 0.2) is 0 Å². The molecule has 1 aliphatic heterocycles. The second-order valence-electron chi connectivity index (χ2n) is 7.27. The van der Waals surface area contributed by atoms with Crippen molar-refractivity contribution >= 4 is 21.9 Å². The number of ether oxygens (including phenoxy) is 1. The van der Waals surface area contributed by atoms with Gasteiger partial charge in [-0.3, -0.25) is 9.59 Å². The number of nitrogens with zero attached hydrogens (tertiary/aromatic N) is 1. The molecule has 2 unspecified atom stereocenters. The van der Waals surface area contributed by atoms with E-state index in [4.69, 9.17) is 4.74 Å². The minimum atomic E-state index is -3.33. The highest BCUT2D eigenvalue weighted by molar-refractivity contribution is 7.89. The van der Waals surface area contributed by atoms with E-state index < -0.39 is 28.0 Å². The van der Waals surface area contributed by atoms with Crippen LogP contribution in [-0.2, 0) is 24.3 Å². The van der Waals surface area contributed by atoms with Gasteiger partial charge in [0.05, 0.1) is 31.2 Å². The molecule has 1 aliphatic rings. The van der Waals surface area contributed by atoms with Crippen LogP contribution >= 0.6 is 0 Å². The van der Waals surface area contributed by atoms with E-state index in [0.29, 0.717) is 25.8 Å². The Morgan fingerprint density at radius 3 is 2.57 bits per heavy atom. The Kier molecular flexibility index (Phi) is 8.00. The molecule has 0 aromatic heterocycles. The molecule has 1 saturated heterocycles. The Morgan fingerprint density at radius 2 is 1.96 bits per heavy atom. The van der Waals surface area contributed by atoms with Crippen LogP contribution in [0, 0.1) is 12.8 Å². The highest BCUT2D eigenvalue weighted by atomic mass is 32.2. The Balaban J connectivity index is 2.11. The van der Waals surface area contributed by atoms with Crippen molar-refractivity contribution in [3.05, 3.63) is 35.4 Å². The Morgan fingerprint density at radius 1 is 1.29 bits per heavy atom. The first kappa shape index (κ1) is 22.4. The van der Waals surface area contributed by atoms with E-state index in [9.17, 15) is 18.0 Å². The smallest absolute Gasteiger partial charge is 0.307 e. The summed E-state index contributed by atoms with van der Waals surface area (Å²) in [6.45, 7) is 4.43. The number of amides is 1. The number of aryl methyl sites for hydroxylation is 1. The van der Waals surface area contributed by atoms with Gasteiger partial charge in [0.1, 0.15) is 0 Å². The molecular formula is C20H30N2O5S. The molecule has 0 aliphatic carbocycles. The molecule has 156 valence electrons. The summed E-state index contributed by atoms with van der Waals surface area (Å²) in [5, 5.41) is 2.93. The summed E-state index contributed by atoms with van der Waals surface area (Å²) < 4.78 is 30.9. The van der Waals surface area contributed by atoms with Crippen LogP contribution < -0.4 is 5.32 Å². The van der Waals surface area contributed by atoms with Crippen LogP contribution in [0.1, 0.15) is 49.8 Å². The molecule has 0 radical (unpaired) electrons. The van der Waals surface area contributed by atoms with E-state index in [1.54, 1.807) is 0 Å². The molecule has 2 rings (SSSR count). The van der Waals surface area contributed by atoms with Crippen LogP contribution in [0.25, 0.3) is 0 Å². The van der Waals surface area contributed by atoms with Crippen LogP contribution in [0.5, 0.6) is 0 Å². The second-order valence-corrected chi connectivity index (χ2v) is 9.35. The summed E-state index contributed by atoms with van der Waals surface area (Å²) in [5.41, 5.74) is 1.89. The Labute approximate surface area is 167 Å². The molecule has 0 saturated carbocycles. The van der Waals surface area contributed by atoms with Gasteiger partial charge in [0.2, 0.25) is 15.9 Å². The molecule has 2 atom stereocenters. The number of carbonyl (C=O) groups is 2. The maximum Gasteiger partial charge on any atom is 0.307 e. The predicted molar refractivity (Wildman–Crippen MR) is 107 cm³/mol. The average Bonchev–Trinajstić information content (AvgIpc) is 2.68. The van der Waals surface area contributed by atoms with E-state index in [1.807, 2.05) is 38.1 Å². The second kappa shape index (κ2) is 10.0. The normalized spacial score (nSPS) is 19.0. The van der Waals surface area contributed by atoms with E-state index in [1.165, 1.54) is 11.4 Å². The molecular weight excluding hydrogens is 380 g/mol. The van der Waals surface area contributed by atoms with Crippen molar-refractivity contribution in [2.24, 2.45) is 5.92 Å². The fourth-order valence-corrected chi connectivity index (χ4v) is 4.98. The number of nitrogens with one attached hydrogen (secondary N) is 1. The Hall–Kier alpha value is -1.93. The molecule has 1 amide bonds. The highest BCUT2D eigenvalue weighted by Crippen LogP contribution is 2.23. The molecule has 1 N–H and O–H groups in total. The van der Waals surface area contributed by atoms with E-state index >= 15 is 0 Å². The summed E-state index contributed by atoms with van der Waals surface area (Å²) in [6, 6.07) is 7.09. The zero-order valence-electron chi connectivity index (χ0n) is 16.8. The third-order valence-electron chi connectivity index (χ3n) is 5.01. The lowest BCUT2D eigenvalue weighted by atomic mass is 9.96. The standard InChI is InChI=1S/C20H30N2O5S/c1-4-12-28(25,26)22-11-5-6-17(14-22)20(24)21-18(13-19(23)27-3)16-9-7-15(2)8-10-16/h7-10,17-18H,4-6,11-14H2,1-3H3,(H,21,24). The first-order valence-electron chi connectivity index (χ1n) is 9.68. The van der Waals surface area contributed by atoms with E-state index in [0.717, 1.165) is 11.1 Å². The van der Waals surface area contributed by atoms with Gasteiger partial charge in [-0.05, 0) is 31.7 Å². The molecule has 28 heavy (non-hydrogen) atoms. The van der Waals surface area contributed by atoms with Crippen LogP contribution in [0.15, 0.2) is 24.3 Å². The van der Waals surface area contributed by atoms with Crippen LogP contribution in [0.3, 0.4) is 0 Å². The summed E-state index contributed by atoms with van der Waals surface area (Å²) in [7, 11) is -2.02. The minimum absolute atomic E-state index is 0.0237. The monoisotopic (exact) mass is 410 g/mol. The van der Waals surface area contributed by atoms with Crippen molar-refractivity contribution in [3.63, 3.8) is 0 Å². The number of hydrogen-bond donors (Lipinski definition) is 1. The highest BCUT2D eigenvalue weighted by Gasteiger charge is 2.33. The zero-order valence-corrected chi connectivity index (χ0v) is 17.6. The third kappa shape index (κ3) is 6.04. The first-order valence-corrected chi connectivity index (χ1v) is 11.3. The minimum Gasteiger partial charge on any atom is -0.469 e. The first-order chi connectivity index (χ1) is 13.3. The summed E-state index contributed by atoms with van der Waals surface area (Å²) in [5.74, 6) is -0.978. The van der Waals surface area contributed by atoms with Crippen LogP contribution in [0.2, 0.25) is 0 Å². The largest absolute Gasteiger partial charge is 0.469 e. The van der Waals surface area contributed by atoms with Gasteiger partial charge >= 0.3 is 5.97 Å². The molecule has 1 heterocycles. The van der Waals surface area contributed by atoms with Crippen molar-refractivity contribution < 1.29 is 22.7 Å². The van der Waals surface area contributed by atoms with Crippen molar-refractivity contribution in [3.8, 4) is 0 Å². The van der Waals surface area contributed by atoms with Gasteiger partial charge in [-0.1, -0.05) is 36.8 Å². The van der Waals surface area contributed by atoms with Crippen molar-refractivity contribution in [1.82, 2.24) is 9.62 Å². The summed E-state index contributed by atoms with van der Waals surface area (Å²) in [6.07, 6.45) is 1.84. The van der Waals surface area contributed by atoms with E-state index in [-0.39, 0.29) is 24.6 Å². The van der Waals surface area contributed by atoms with Gasteiger partial charge in [-0.2, -0.15) is 0 Å². The lowest BCUT2D eigenvalue weighted by Gasteiger charge is -2.32. The predicted octanol–water partition coefficient (Wildman–Crippen LogP) is 2.17. The number of methoxy groups -OCH3 is 1. The number of piperidine rings is 1. The van der Waals surface area contributed by atoms with Crippen LogP contribution in [0.4, 0.5) is 0 Å². The number of esters is 1. The molecule has 1 aromatic rings. The van der Waals surface area contributed by atoms with E-state index in [2.05, 4.69) is 5.32 Å². The summed E-state index contributed by atoms with van der Waals surface area (Å²) in [4.78, 5) is 24.7. The average molecular weight is 411 g/mol. The summed E-state index contributed by atoms with van der Waals surface area (Å²) >= 11 is 0. The topological polar surface area (TPSA) is 92.8 Å². The van der Waals surface area contributed by atoms with Crippen molar-refractivity contribution in [1.29, 1.82) is 0 Å². The fraction of sp³-hybridized carbons (Fsp3) is 0.600. The number of rotatable bonds is 8. The maximum atomic E-state index is 12.9. The molecule has 0 spiro atoms. The van der Waals surface area contributed by atoms with Gasteiger partial charge < -0.3 is 10.1 Å². The maximum absolute atomic E-state index is 12.9. The van der Waals surface area contributed by atoms with Crippen LogP contribution in [-0.4, -0.2) is 50.6 Å². The third-order valence-corrected chi connectivity index (χ3v) is 7.05. The lowest BCUT2D eigenvalue weighted by Crippen LogP contribution is -2.46. The van der Waals surface area contributed by atoms with Crippen molar-refractivity contribution in [2.45, 2.75) is 45.6 Å². The molecule has 1 aromatic carbocycles. The number of benzene rings is 1. The molecule has 0 bridgehead atoms. The Bertz CT molecular complexity index is 776. The van der Waals surface area contributed by atoms with Gasteiger partial charge in [0.25, 0.3) is 0 Å². The SMILES string of the molecule is CCCS(=O)(=O)N1CCCC(C(=O)NC(CC(=O)OC)c2ccc(C)cc2)C1. The quantitative estimate of drug-likeness (QED) is 0.663. The van der Waals surface area contributed by atoms with Gasteiger partial charge in [-0.25, -0.2) is 12.7 Å². The van der Waals surface area contributed by atoms with Gasteiger partial charge in [0, 0.05) is 13.1 Å². The molecule has 7 nitrogen and oxygen atoms in total.